The van der Waals surface area contributed by atoms with Crippen molar-refractivity contribution in [3.63, 3.8) is 0 Å². The van der Waals surface area contributed by atoms with E-state index in [0.29, 0.717) is 30.0 Å². The van der Waals surface area contributed by atoms with Crippen LogP contribution in [0, 0.1) is 0 Å². The van der Waals surface area contributed by atoms with Crippen LogP contribution in [0.3, 0.4) is 0 Å². The molecule has 9 heteroatoms. The number of ether oxygens (including phenoxy) is 1. The van der Waals surface area contributed by atoms with Gasteiger partial charge in [-0.05, 0) is 30.7 Å². The Kier molecular flexibility index (Phi) is 4.49. The van der Waals surface area contributed by atoms with Crippen molar-refractivity contribution in [3.8, 4) is 5.82 Å². The Morgan fingerprint density at radius 2 is 2.00 bits per heavy atom. The number of para-hydroxylation sites is 2. The quantitative estimate of drug-likeness (QED) is 0.388. The Balaban J connectivity index is 1.93. The van der Waals surface area contributed by atoms with Gasteiger partial charge in [0.15, 0.2) is 17.0 Å². The van der Waals surface area contributed by atoms with Gasteiger partial charge in [0.05, 0.1) is 24.0 Å². The molecule has 4 rings (SSSR count). The summed E-state index contributed by atoms with van der Waals surface area (Å²) in [5, 5.41) is 0.0722. The summed E-state index contributed by atoms with van der Waals surface area (Å²) in [7, 11) is 0. The lowest BCUT2D eigenvalue weighted by Crippen LogP contribution is -2.13. The third-order valence-corrected chi connectivity index (χ3v) is 4.35. The number of halogens is 1. The smallest absolute Gasteiger partial charge is 0.326 e. The topological polar surface area (TPSA) is 87.7 Å². The van der Waals surface area contributed by atoms with Gasteiger partial charge in [-0.15, -0.1) is 0 Å². The summed E-state index contributed by atoms with van der Waals surface area (Å²) in [5.41, 5.74) is 2.79. The Bertz CT molecular complexity index is 1150. The van der Waals surface area contributed by atoms with Crippen molar-refractivity contribution in [1.82, 2.24) is 29.1 Å². The van der Waals surface area contributed by atoms with Gasteiger partial charge < -0.3 is 9.30 Å². The first-order chi connectivity index (χ1) is 13.1. The van der Waals surface area contributed by atoms with Crippen LogP contribution in [0.25, 0.3) is 28.0 Å². The van der Waals surface area contributed by atoms with Crippen molar-refractivity contribution < 1.29 is 9.53 Å². The second kappa shape index (κ2) is 6.96. The molecule has 0 saturated carbocycles. The third kappa shape index (κ3) is 3.02. The molecule has 0 aliphatic rings. The van der Waals surface area contributed by atoms with Crippen molar-refractivity contribution in [2.45, 2.75) is 26.8 Å². The highest BCUT2D eigenvalue weighted by Crippen LogP contribution is 2.26. The number of esters is 1. The van der Waals surface area contributed by atoms with Crippen LogP contribution in [-0.2, 0) is 22.5 Å². The van der Waals surface area contributed by atoms with Crippen LogP contribution in [0.4, 0.5) is 0 Å². The highest BCUT2D eigenvalue weighted by Gasteiger charge is 2.20. The molecule has 0 unspecified atom stereocenters. The molecule has 27 heavy (non-hydrogen) atoms. The van der Waals surface area contributed by atoms with E-state index >= 15 is 0 Å². The van der Waals surface area contributed by atoms with E-state index in [9.17, 15) is 4.79 Å². The van der Waals surface area contributed by atoms with Crippen LogP contribution in [0.1, 0.15) is 19.7 Å². The number of aromatic nitrogens is 6. The molecule has 8 nitrogen and oxygen atoms in total. The van der Waals surface area contributed by atoms with E-state index in [-0.39, 0.29) is 17.8 Å². The summed E-state index contributed by atoms with van der Waals surface area (Å²) in [6, 6.07) is 7.80. The van der Waals surface area contributed by atoms with Gasteiger partial charge >= 0.3 is 5.97 Å². The minimum absolute atomic E-state index is 0.00241. The van der Waals surface area contributed by atoms with Crippen LogP contribution < -0.4 is 0 Å². The molecule has 0 aliphatic heterocycles. The highest BCUT2D eigenvalue weighted by atomic mass is 35.5. The van der Waals surface area contributed by atoms with Crippen LogP contribution in [0.2, 0.25) is 5.28 Å². The van der Waals surface area contributed by atoms with Crippen molar-refractivity contribution in [2.75, 3.05) is 6.61 Å². The minimum Gasteiger partial charge on any atom is -0.465 e. The standard InChI is InChI=1S/C18H17ClN6O2/c1-3-13-21-11-7-5-6-8-12(11)25(13)17-15-16(22-18(19)23-17)24(10-20-15)9-14(26)27-4-2/h5-8,10H,3-4,9H2,1-2H3. The highest BCUT2D eigenvalue weighted by molar-refractivity contribution is 6.28. The zero-order chi connectivity index (χ0) is 19.0. The third-order valence-electron chi connectivity index (χ3n) is 4.18. The predicted octanol–water partition coefficient (Wildman–Crippen LogP) is 2.94. The Morgan fingerprint density at radius 3 is 2.78 bits per heavy atom. The molecule has 138 valence electrons. The van der Waals surface area contributed by atoms with E-state index in [1.165, 1.54) is 0 Å². The van der Waals surface area contributed by atoms with E-state index in [4.69, 9.17) is 16.3 Å². The fourth-order valence-corrected chi connectivity index (χ4v) is 3.23. The molecule has 3 aromatic heterocycles. The summed E-state index contributed by atoms with van der Waals surface area (Å²) in [6.45, 7) is 4.10. The van der Waals surface area contributed by atoms with Crippen molar-refractivity contribution >= 4 is 39.8 Å². The Labute approximate surface area is 159 Å². The summed E-state index contributed by atoms with van der Waals surface area (Å²) in [6.07, 6.45) is 2.25. The summed E-state index contributed by atoms with van der Waals surface area (Å²) >= 11 is 6.20. The van der Waals surface area contributed by atoms with Gasteiger partial charge in [0.25, 0.3) is 0 Å². The van der Waals surface area contributed by atoms with Crippen LogP contribution in [0.15, 0.2) is 30.6 Å². The molecule has 0 N–H and O–H groups in total. The first-order valence-electron chi connectivity index (χ1n) is 8.63. The minimum atomic E-state index is -0.365. The van der Waals surface area contributed by atoms with Crippen LogP contribution in [-0.4, -0.2) is 41.6 Å². The maximum Gasteiger partial charge on any atom is 0.326 e. The molecule has 0 amide bonds. The van der Waals surface area contributed by atoms with Crippen molar-refractivity contribution in [3.05, 3.63) is 41.7 Å². The van der Waals surface area contributed by atoms with Gasteiger partial charge in [0, 0.05) is 6.42 Å². The average Bonchev–Trinajstić information content (AvgIpc) is 3.22. The normalized spacial score (nSPS) is 11.4. The molecule has 1 aromatic carbocycles. The van der Waals surface area contributed by atoms with Gasteiger partial charge in [-0.2, -0.15) is 9.97 Å². The SMILES string of the molecule is CCOC(=O)Cn1cnc2c(-n3c(CC)nc4ccccc43)nc(Cl)nc21. The number of hydrogen-bond acceptors (Lipinski definition) is 6. The summed E-state index contributed by atoms with van der Waals surface area (Å²) in [4.78, 5) is 29.7. The Morgan fingerprint density at radius 1 is 1.19 bits per heavy atom. The maximum atomic E-state index is 11.9. The maximum absolute atomic E-state index is 11.9. The zero-order valence-electron chi connectivity index (χ0n) is 14.9. The molecular formula is C18H17ClN6O2. The molecule has 0 atom stereocenters. The summed E-state index contributed by atoms with van der Waals surface area (Å²) < 4.78 is 8.56. The molecule has 3 heterocycles. The number of carbonyl (C=O) groups excluding carboxylic acids is 1. The number of carbonyl (C=O) groups is 1. The monoisotopic (exact) mass is 384 g/mol. The van der Waals surface area contributed by atoms with Gasteiger partial charge in [-0.1, -0.05) is 19.1 Å². The number of hydrogen-bond donors (Lipinski definition) is 0. The molecule has 0 bridgehead atoms. The van der Waals surface area contributed by atoms with E-state index in [1.807, 2.05) is 35.8 Å². The van der Waals surface area contributed by atoms with Crippen LogP contribution >= 0.6 is 11.6 Å². The number of imidazole rings is 2. The fourth-order valence-electron chi connectivity index (χ4n) is 3.07. The van der Waals surface area contributed by atoms with Gasteiger partial charge in [0.2, 0.25) is 5.28 Å². The molecule has 0 fully saturated rings. The fraction of sp³-hybridized carbons (Fsp3) is 0.278. The van der Waals surface area contributed by atoms with Crippen molar-refractivity contribution in [1.29, 1.82) is 0 Å². The predicted molar refractivity (Wildman–Crippen MR) is 101 cm³/mol. The van der Waals surface area contributed by atoms with E-state index in [1.54, 1.807) is 17.8 Å². The second-order valence-electron chi connectivity index (χ2n) is 5.87. The number of aryl methyl sites for hydroxylation is 1. The van der Waals surface area contributed by atoms with E-state index in [2.05, 4.69) is 19.9 Å². The largest absolute Gasteiger partial charge is 0.465 e. The number of benzene rings is 1. The van der Waals surface area contributed by atoms with Gasteiger partial charge in [-0.25, -0.2) is 9.97 Å². The molecule has 0 spiro atoms. The lowest BCUT2D eigenvalue weighted by Gasteiger charge is -2.09. The second-order valence-corrected chi connectivity index (χ2v) is 6.21. The first-order valence-corrected chi connectivity index (χ1v) is 9.00. The number of fused-ring (bicyclic) bond motifs is 2. The lowest BCUT2D eigenvalue weighted by atomic mass is 10.3. The Hall–Kier alpha value is -3.00. The molecule has 0 saturated heterocycles. The van der Waals surface area contributed by atoms with Crippen molar-refractivity contribution in [2.24, 2.45) is 0 Å². The molecular weight excluding hydrogens is 368 g/mol. The van der Waals surface area contributed by atoms with Crippen LogP contribution in [0.5, 0.6) is 0 Å². The van der Waals surface area contributed by atoms with E-state index in [0.717, 1.165) is 16.9 Å². The number of rotatable bonds is 5. The molecule has 4 aromatic rings. The van der Waals surface area contributed by atoms with Gasteiger partial charge in [-0.3, -0.25) is 9.36 Å². The average molecular weight is 385 g/mol. The summed E-state index contributed by atoms with van der Waals surface area (Å²) in [5.74, 6) is 1.01. The van der Waals surface area contributed by atoms with E-state index < -0.39 is 0 Å². The first kappa shape index (κ1) is 17.4. The molecule has 0 radical (unpaired) electrons. The number of nitrogens with zero attached hydrogens (tertiary/aromatic N) is 6. The molecule has 0 aliphatic carbocycles. The zero-order valence-corrected chi connectivity index (χ0v) is 15.6. The lowest BCUT2D eigenvalue weighted by molar-refractivity contribution is -0.143. The van der Waals surface area contributed by atoms with Gasteiger partial charge in [0.1, 0.15) is 12.4 Å².